The molecule has 0 aliphatic rings. The molecule has 142 valence electrons. The Bertz CT molecular complexity index is 1350. The second-order valence-corrected chi connectivity index (χ2v) is 7.27. The number of Topliss-reactive ketones (excluding diaryl/α,β-unsaturated/α-hetero) is 1. The van der Waals surface area contributed by atoms with Gasteiger partial charge in [0.1, 0.15) is 5.69 Å². The number of benzene rings is 1. The van der Waals surface area contributed by atoms with Crippen LogP contribution in [0.4, 0.5) is 0 Å². The molecule has 0 unspecified atom stereocenters. The smallest absolute Gasteiger partial charge is 0.187 e. The van der Waals surface area contributed by atoms with Gasteiger partial charge in [-0.3, -0.25) is 19.9 Å². The normalized spacial score (nSPS) is 12.5. The number of carbonyl (C=O) groups is 1. The van der Waals surface area contributed by atoms with E-state index in [2.05, 4.69) is 31.2 Å². The monoisotopic (exact) mass is 381 g/mol. The molecule has 1 atom stereocenters. The SMILES string of the molecule is Cc1cccc([C@H](C)C(=O)c2cc3cc4c(-c5ccncc5)n[nH]c4cc3[nH]2)n1. The largest absolute Gasteiger partial charge is 0.352 e. The zero-order chi connectivity index (χ0) is 20.0. The number of nitrogens with zero attached hydrogens (tertiary/aromatic N) is 3. The molecule has 0 fully saturated rings. The molecule has 5 aromatic rings. The maximum atomic E-state index is 13.0. The molecule has 5 rings (SSSR count). The Morgan fingerprint density at radius 1 is 1.03 bits per heavy atom. The summed E-state index contributed by atoms with van der Waals surface area (Å²) in [6.07, 6.45) is 3.50. The van der Waals surface area contributed by atoms with E-state index in [9.17, 15) is 4.79 Å². The fourth-order valence-corrected chi connectivity index (χ4v) is 3.68. The zero-order valence-corrected chi connectivity index (χ0v) is 16.1. The highest BCUT2D eigenvalue weighted by molar-refractivity contribution is 6.06. The number of carbonyl (C=O) groups excluding carboxylic acids is 1. The molecular formula is C23H19N5O. The summed E-state index contributed by atoms with van der Waals surface area (Å²) in [4.78, 5) is 24.9. The van der Waals surface area contributed by atoms with Crippen LogP contribution in [0.5, 0.6) is 0 Å². The van der Waals surface area contributed by atoms with Crippen molar-refractivity contribution in [2.45, 2.75) is 19.8 Å². The number of hydrogen-bond donors (Lipinski definition) is 2. The fraction of sp³-hybridized carbons (Fsp3) is 0.130. The van der Waals surface area contributed by atoms with Crippen LogP contribution in [-0.4, -0.2) is 30.9 Å². The highest BCUT2D eigenvalue weighted by Gasteiger charge is 2.21. The summed E-state index contributed by atoms with van der Waals surface area (Å²) in [6.45, 7) is 3.82. The van der Waals surface area contributed by atoms with Crippen LogP contribution in [-0.2, 0) is 0 Å². The average Bonchev–Trinajstić information content (AvgIpc) is 3.35. The lowest BCUT2D eigenvalue weighted by atomic mass is 9.99. The van der Waals surface area contributed by atoms with Crippen molar-refractivity contribution < 1.29 is 4.79 Å². The molecule has 1 aromatic carbocycles. The van der Waals surface area contributed by atoms with Crippen LogP contribution < -0.4 is 0 Å². The molecule has 4 aromatic heterocycles. The van der Waals surface area contributed by atoms with Crippen LogP contribution >= 0.6 is 0 Å². The molecule has 6 nitrogen and oxygen atoms in total. The summed E-state index contributed by atoms with van der Waals surface area (Å²) < 4.78 is 0. The van der Waals surface area contributed by atoms with E-state index in [4.69, 9.17) is 0 Å². The topological polar surface area (TPSA) is 87.3 Å². The Morgan fingerprint density at radius 2 is 1.86 bits per heavy atom. The van der Waals surface area contributed by atoms with Gasteiger partial charge < -0.3 is 4.98 Å². The maximum absolute atomic E-state index is 13.0. The number of ketones is 1. The first kappa shape index (κ1) is 17.3. The van der Waals surface area contributed by atoms with E-state index in [-0.39, 0.29) is 11.7 Å². The molecule has 0 radical (unpaired) electrons. The van der Waals surface area contributed by atoms with Crippen LogP contribution in [0.2, 0.25) is 0 Å². The van der Waals surface area contributed by atoms with Crippen molar-refractivity contribution in [2.24, 2.45) is 0 Å². The first-order chi connectivity index (χ1) is 14.1. The Labute approximate surface area is 167 Å². The number of hydrogen-bond acceptors (Lipinski definition) is 4. The summed E-state index contributed by atoms with van der Waals surface area (Å²) in [6, 6.07) is 15.6. The fourth-order valence-electron chi connectivity index (χ4n) is 3.68. The molecular weight excluding hydrogens is 362 g/mol. The highest BCUT2D eigenvalue weighted by atomic mass is 16.1. The van der Waals surface area contributed by atoms with Gasteiger partial charge in [0, 0.05) is 39.9 Å². The Morgan fingerprint density at radius 3 is 2.66 bits per heavy atom. The minimum Gasteiger partial charge on any atom is -0.352 e. The van der Waals surface area contributed by atoms with Gasteiger partial charge in [-0.25, -0.2) is 0 Å². The summed E-state index contributed by atoms with van der Waals surface area (Å²) in [5.74, 6) is -0.294. The van der Waals surface area contributed by atoms with E-state index in [1.807, 2.05) is 56.3 Å². The molecule has 4 heterocycles. The van der Waals surface area contributed by atoms with Gasteiger partial charge in [0.15, 0.2) is 5.78 Å². The molecule has 0 saturated carbocycles. The molecule has 0 aliphatic carbocycles. The second-order valence-electron chi connectivity index (χ2n) is 7.27. The number of H-pyrrole nitrogens is 2. The van der Waals surface area contributed by atoms with E-state index in [1.54, 1.807) is 12.4 Å². The third-order valence-electron chi connectivity index (χ3n) is 5.27. The third kappa shape index (κ3) is 2.99. The lowest BCUT2D eigenvalue weighted by Crippen LogP contribution is -2.11. The number of fused-ring (bicyclic) bond motifs is 2. The molecule has 0 bridgehead atoms. The van der Waals surface area contributed by atoms with Crippen molar-refractivity contribution in [3.63, 3.8) is 0 Å². The second kappa shape index (κ2) is 6.67. The van der Waals surface area contributed by atoms with Crippen LogP contribution in [0.1, 0.15) is 34.7 Å². The molecule has 0 amide bonds. The highest BCUT2D eigenvalue weighted by Crippen LogP contribution is 2.30. The van der Waals surface area contributed by atoms with Crippen molar-refractivity contribution in [1.29, 1.82) is 0 Å². The number of aromatic nitrogens is 5. The van der Waals surface area contributed by atoms with E-state index in [0.29, 0.717) is 5.69 Å². The van der Waals surface area contributed by atoms with E-state index in [0.717, 1.165) is 44.5 Å². The number of rotatable bonds is 4. The van der Waals surface area contributed by atoms with Crippen LogP contribution in [0, 0.1) is 6.92 Å². The van der Waals surface area contributed by atoms with Gasteiger partial charge >= 0.3 is 0 Å². The molecule has 29 heavy (non-hydrogen) atoms. The summed E-state index contributed by atoms with van der Waals surface area (Å²) in [5, 5.41) is 9.53. The molecule has 0 aliphatic heterocycles. The maximum Gasteiger partial charge on any atom is 0.187 e. The van der Waals surface area contributed by atoms with Crippen molar-refractivity contribution >= 4 is 27.6 Å². The van der Waals surface area contributed by atoms with E-state index in [1.165, 1.54) is 0 Å². The number of aryl methyl sites for hydroxylation is 1. The minimum absolute atomic E-state index is 0.0236. The third-order valence-corrected chi connectivity index (χ3v) is 5.27. The standard InChI is InChI=1S/C23H19N5O/c1-13-4-3-5-18(25-13)14(2)23(29)21-11-16-10-17-20(12-19(16)26-21)27-28-22(17)15-6-8-24-9-7-15/h3-12,14,26H,1-2H3,(H,27,28)/t14-/m0/s1. The lowest BCUT2D eigenvalue weighted by molar-refractivity contribution is 0.0960. The predicted molar refractivity (Wildman–Crippen MR) is 113 cm³/mol. The summed E-state index contributed by atoms with van der Waals surface area (Å²) in [7, 11) is 0. The predicted octanol–water partition coefficient (Wildman–Crippen LogP) is 4.80. The minimum atomic E-state index is -0.318. The van der Waals surface area contributed by atoms with Crippen molar-refractivity contribution in [3.8, 4) is 11.3 Å². The Balaban J connectivity index is 1.56. The van der Waals surface area contributed by atoms with Crippen LogP contribution in [0.25, 0.3) is 33.1 Å². The van der Waals surface area contributed by atoms with Crippen molar-refractivity contribution in [2.75, 3.05) is 0 Å². The first-order valence-electron chi connectivity index (χ1n) is 9.49. The van der Waals surface area contributed by atoms with Gasteiger partial charge in [0.25, 0.3) is 0 Å². The van der Waals surface area contributed by atoms with E-state index >= 15 is 0 Å². The molecule has 2 N–H and O–H groups in total. The number of nitrogens with one attached hydrogen (secondary N) is 2. The quantitative estimate of drug-likeness (QED) is 0.438. The molecule has 0 spiro atoms. The number of aromatic amines is 2. The first-order valence-corrected chi connectivity index (χ1v) is 9.49. The van der Waals surface area contributed by atoms with Crippen LogP contribution in [0.3, 0.4) is 0 Å². The summed E-state index contributed by atoms with van der Waals surface area (Å²) in [5.41, 5.74) is 5.96. The van der Waals surface area contributed by atoms with Crippen molar-refractivity contribution in [1.82, 2.24) is 25.1 Å². The Kier molecular flexibility index (Phi) is 3.98. The van der Waals surface area contributed by atoms with Gasteiger partial charge in [-0.1, -0.05) is 6.07 Å². The van der Waals surface area contributed by atoms with Crippen molar-refractivity contribution in [3.05, 3.63) is 78.0 Å². The van der Waals surface area contributed by atoms with Gasteiger partial charge in [0.05, 0.1) is 22.8 Å². The van der Waals surface area contributed by atoms with Gasteiger partial charge in [-0.2, -0.15) is 5.10 Å². The molecule has 0 saturated heterocycles. The van der Waals surface area contributed by atoms with E-state index < -0.39 is 0 Å². The van der Waals surface area contributed by atoms with Gasteiger partial charge in [-0.05, 0) is 56.3 Å². The Hall–Kier alpha value is -3.80. The lowest BCUT2D eigenvalue weighted by Gasteiger charge is -2.09. The molecule has 6 heteroatoms. The summed E-state index contributed by atoms with van der Waals surface area (Å²) >= 11 is 0. The van der Waals surface area contributed by atoms with Gasteiger partial charge in [0.2, 0.25) is 0 Å². The van der Waals surface area contributed by atoms with Crippen LogP contribution in [0.15, 0.2) is 60.9 Å². The van der Waals surface area contributed by atoms with Gasteiger partial charge in [-0.15, -0.1) is 0 Å². The number of pyridine rings is 2. The average molecular weight is 381 g/mol. The zero-order valence-electron chi connectivity index (χ0n) is 16.1.